The molecule has 3 saturated carbocycles. The Bertz CT molecular complexity index is 260. The van der Waals surface area contributed by atoms with Gasteiger partial charge in [-0.15, -0.1) is 0 Å². The highest BCUT2D eigenvalue weighted by molar-refractivity contribution is 4.93. The first kappa shape index (κ1) is 12.0. The van der Waals surface area contributed by atoms with Crippen molar-refractivity contribution >= 4 is 0 Å². The van der Waals surface area contributed by atoms with Crippen LogP contribution in [-0.4, -0.2) is 11.2 Å². The van der Waals surface area contributed by atoms with E-state index in [9.17, 15) is 5.11 Å². The third-order valence-corrected chi connectivity index (χ3v) is 6.13. The van der Waals surface area contributed by atoms with Crippen LogP contribution in [-0.2, 0) is 0 Å². The Kier molecular flexibility index (Phi) is 3.47. The van der Waals surface area contributed by atoms with Crippen LogP contribution in [0.15, 0.2) is 0 Å². The lowest BCUT2D eigenvalue weighted by Gasteiger charge is -2.49. The van der Waals surface area contributed by atoms with E-state index < -0.39 is 0 Å². The van der Waals surface area contributed by atoms with E-state index in [4.69, 9.17) is 0 Å². The standard InChI is InChI=1S/C16H28O/c1-11(17)15-8-4-7-14-9-12-5-2-3-6-13(12)10-16(14)15/h11-17H,2-10H2,1H3. The predicted molar refractivity (Wildman–Crippen MR) is 70.7 cm³/mol. The predicted octanol–water partition coefficient (Wildman–Crippen LogP) is 4.00. The van der Waals surface area contributed by atoms with Gasteiger partial charge in [-0.25, -0.2) is 0 Å². The molecular formula is C16H28O. The molecule has 1 heteroatoms. The lowest BCUT2D eigenvalue weighted by Crippen LogP contribution is -2.42. The molecule has 0 heterocycles. The Morgan fingerprint density at radius 1 is 0.824 bits per heavy atom. The van der Waals surface area contributed by atoms with Crippen molar-refractivity contribution in [1.29, 1.82) is 0 Å². The summed E-state index contributed by atoms with van der Waals surface area (Å²) in [6.45, 7) is 2.03. The Morgan fingerprint density at radius 2 is 1.47 bits per heavy atom. The van der Waals surface area contributed by atoms with Crippen LogP contribution in [0, 0.1) is 29.6 Å². The summed E-state index contributed by atoms with van der Waals surface area (Å²) in [4.78, 5) is 0. The fourth-order valence-corrected chi connectivity index (χ4v) is 5.30. The second kappa shape index (κ2) is 4.91. The molecule has 3 aliphatic carbocycles. The Labute approximate surface area is 106 Å². The minimum Gasteiger partial charge on any atom is -0.393 e. The van der Waals surface area contributed by atoms with Crippen molar-refractivity contribution in [2.24, 2.45) is 29.6 Å². The quantitative estimate of drug-likeness (QED) is 0.729. The molecule has 1 nitrogen and oxygen atoms in total. The first-order chi connectivity index (χ1) is 8.25. The summed E-state index contributed by atoms with van der Waals surface area (Å²) in [6.07, 6.45) is 12.9. The summed E-state index contributed by atoms with van der Waals surface area (Å²) in [5, 5.41) is 10.0. The minimum absolute atomic E-state index is 0.0667. The Morgan fingerprint density at radius 3 is 2.18 bits per heavy atom. The van der Waals surface area contributed by atoms with E-state index in [-0.39, 0.29) is 6.10 Å². The van der Waals surface area contributed by atoms with E-state index >= 15 is 0 Å². The number of hydrogen-bond acceptors (Lipinski definition) is 1. The summed E-state index contributed by atoms with van der Waals surface area (Å²) < 4.78 is 0. The highest BCUT2D eigenvalue weighted by Gasteiger charge is 2.43. The number of fused-ring (bicyclic) bond motifs is 2. The normalized spacial score (nSPS) is 48.0. The summed E-state index contributed by atoms with van der Waals surface area (Å²) in [5.74, 6) is 4.52. The molecule has 1 N–H and O–H groups in total. The van der Waals surface area contributed by atoms with Gasteiger partial charge in [0, 0.05) is 0 Å². The van der Waals surface area contributed by atoms with Gasteiger partial charge in [-0.3, -0.25) is 0 Å². The number of aliphatic hydroxyl groups excluding tert-OH is 1. The maximum absolute atomic E-state index is 10.0. The van der Waals surface area contributed by atoms with Gasteiger partial charge in [0.05, 0.1) is 6.10 Å². The van der Waals surface area contributed by atoms with Gasteiger partial charge >= 0.3 is 0 Å². The largest absolute Gasteiger partial charge is 0.393 e. The van der Waals surface area contributed by atoms with Crippen molar-refractivity contribution in [3.05, 3.63) is 0 Å². The summed E-state index contributed by atoms with van der Waals surface area (Å²) >= 11 is 0. The lowest BCUT2D eigenvalue weighted by atomic mass is 9.56. The monoisotopic (exact) mass is 236 g/mol. The lowest BCUT2D eigenvalue weighted by molar-refractivity contribution is -0.0285. The molecule has 0 radical (unpaired) electrons. The van der Waals surface area contributed by atoms with E-state index in [2.05, 4.69) is 0 Å². The average Bonchev–Trinajstić information content (AvgIpc) is 2.35. The highest BCUT2D eigenvalue weighted by Crippen LogP contribution is 2.52. The van der Waals surface area contributed by atoms with Crippen molar-refractivity contribution in [1.82, 2.24) is 0 Å². The fourth-order valence-electron chi connectivity index (χ4n) is 5.30. The molecule has 0 amide bonds. The van der Waals surface area contributed by atoms with Crippen LogP contribution < -0.4 is 0 Å². The van der Waals surface area contributed by atoms with Crippen LogP contribution >= 0.6 is 0 Å². The van der Waals surface area contributed by atoms with Gasteiger partial charge in [-0.05, 0) is 55.8 Å². The van der Waals surface area contributed by atoms with E-state index in [0.29, 0.717) is 5.92 Å². The summed E-state index contributed by atoms with van der Waals surface area (Å²) in [6, 6.07) is 0. The molecular weight excluding hydrogens is 208 g/mol. The maximum Gasteiger partial charge on any atom is 0.0543 e. The molecule has 0 aromatic carbocycles. The molecule has 6 unspecified atom stereocenters. The smallest absolute Gasteiger partial charge is 0.0543 e. The van der Waals surface area contributed by atoms with Crippen molar-refractivity contribution in [3.63, 3.8) is 0 Å². The van der Waals surface area contributed by atoms with Gasteiger partial charge in [-0.2, -0.15) is 0 Å². The zero-order chi connectivity index (χ0) is 11.8. The van der Waals surface area contributed by atoms with Gasteiger partial charge in [-0.1, -0.05) is 38.5 Å². The number of hydrogen-bond donors (Lipinski definition) is 1. The number of rotatable bonds is 1. The second-order valence-electron chi connectivity index (χ2n) is 7.04. The van der Waals surface area contributed by atoms with Crippen LogP contribution in [0.25, 0.3) is 0 Å². The fraction of sp³-hybridized carbons (Fsp3) is 1.00. The third kappa shape index (κ3) is 2.28. The second-order valence-corrected chi connectivity index (χ2v) is 7.04. The van der Waals surface area contributed by atoms with Crippen LogP contribution in [0.1, 0.15) is 64.7 Å². The average molecular weight is 236 g/mol. The molecule has 0 aromatic rings. The molecule has 3 fully saturated rings. The first-order valence-corrected chi connectivity index (χ1v) is 7.93. The van der Waals surface area contributed by atoms with Gasteiger partial charge in [0.15, 0.2) is 0 Å². The van der Waals surface area contributed by atoms with Gasteiger partial charge in [0.2, 0.25) is 0 Å². The molecule has 0 aliphatic heterocycles. The molecule has 3 rings (SSSR count). The molecule has 3 aliphatic rings. The van der Waals surface area contributed by atoms with Crippen LogP contribution in [0.4, 0.5) is 0 Å². The van der Waals surface area contributed by atoms with Crippen LogP contribution in [0.3, 0.4) is 0 Å². The topological polar surface area (TPSA) is 20.2 Å². The van der Waals surface area contributed by atoms with Crippen molar-refractivity contribution in [2.45, 2.75) is 70.8 Å². The van der Waals surface area contributed by atoms with Gasteiger partial charge in [0.25, 0.3) is 0 Å². The Balaban J connectivity index is 1.72. The zero-order valence-corrected chi connectivity index (χ0v) is 11.3. The summed E-state index contributed by atoms with van der Waals surface area (Å²) in [5.41, 5.74) is 0. The van der Waals surface area contributed by atoms with Crippen molar-refractivity contribution in [2.75, 3.05) is 0 Å². The van der Waals surface area contributed by atoms with E-state index in [1.165, 1.54) is 57.8 Å². The zero-order valence-electron chi connectivity index (χ0n) is 11.3. The van der Waals surface area contributed by atoms with Crippen molar-refractivity contribution < 1.29 is 5.11 Å². The molecule has 0 saturated heterocycles. The molecule has 6 atom stereocenters. The molecule has 98 valence electrons. The van der Waals surface area contributed by atoms with Crippen LogP contribution in [0.5, 0.6) is 0 Å². The van der Waals surface area contributed by atoms with Crippen molar-refractivity contribution in [3.8, 4) is 0 Å². The van der Waals surface area contributed by atoms with E-state index in [1.807, 2.05) is 6.92 Å². The van der Waals surface area contributed by atoms with E-state index in [1.54, 1.807) is 0 Å². The van der Waals surface area contributed by atoms with Crippen LogP contribution in [0.2, 0.25) is 0 Å². The SMILES string of the molecule is CC(O)C1CCCC2CC3CCCCC3CC21. The highest BCUT2D eigenvalue weighted by atomic mass is 16.3. The third-order valence-electron chi connectivity index (χ3n) is 6.13. The molecule has 0 aromatic heterocycles. The van der Waals surface area contributed by atoms with Gasteiger partial charge < -0.3 is 5.11 Å². The van der Waals surface area contributed by atoms with Gasteiger partial charge in [0.1, 0.15) is 0 Å². The first-order valence-electron chi connectivity index (χ1n) is 7.93. The molecule has 0 bridgehead atoms. The number of aliphatic hydroxyl groups is 1. The van der Waals surface area contributed by atoms with E-state index in [0.717, 1.165) is 23.7 Å². The maximum atomic E-state index is 10.0. The summed E-state index contributed by atoms with van der Waals surface area (Å²) in [7, 11) is 0. The Hall–Kier alpha value is -0.0400. The molecule has 17 heavy (non-hydrogen) atoms. The minimum atomic E-state index is -0.0667. The molecule has 0 spiro atoms.